The van der Waals surface area contributed by atoms with Gasteiger partial charge in [-0.25, -0.2) is 0 Å². The summed E-state index contributed by atoms with van der Waals surface area (Å²) in [5.74, 6) is -0.379. The molecule has 0 aromatic carbocycles. The van der Waals surface area contributed by atoms with Gasteiger partial charge in [0.1, 0.15) is 17.0 Å². The number of alkyl halides is 1. The second-order valence-electron chi connectivity index (χ2n) is 2.60. The smallest absolute Gasteiger partial charge is 0.177 e. The molecule has 12 heavy (non-hydrogen) atoms. The Morgan fingerprint density at radius 1 is 1.50 bits per heavy atom. The maximum Gasteiger partial charge on any atom is 0.177 e. The lowest BCUT2D eigenvalue weighted by Gasteiger charge is -2.25. The van der Waals surface area contributed by atoms with Gasteiger partial charge < -0.3 is 15.3 Å². The quantitative estimate of drug-likeness (QED) is 0.510. The molecule has 5 heteroatoms. The van der Waals surface area contributed by atoms with Gasteiger partial charge in [0.25, 0.3) is 0 Å². The van der Waals surface area contributed by atoms with Crippen LogP contribution in [0.3, 0.4) is 0 Å². The molecule has 3 N–H and O–H groups in total. The molecule has 0 aromatic rings. The monoisotopic (exact) mass is 236 g/mol. The average Bonchev–Trinajstić information content (AvgIpc) is 2.08. The van der Waals surface area contributed by atoms with Crippen LogP contribution in [-0.4, -0.2) is 44.7 Å². The Labute approximate surface area is 77.6 Å². The van der Waals surface area contributed by atoms with Crippen LogP contribution in [0.4, 0.5) is 0 Å². The zero-order valence-electron chi connectivity index (χ0n) is 6.14. The summed E-state index contributed by atoms with van der Waals surface area (Å²) in [6, 6.07) is 0. The molecule has 0 aromatic heterocycles. The van der Waals surface area contributed by atoms with E-state index in [9.17, 15) is 9.90 Å². The van der Waals surface area contributed by atoms with Crippen molar-refractivity contribution in [2.45, 2.75) is 17.0 Å². The van der Waals surface area contributed by atoms with Crippen LogP contribution >= 0.6 is 15.9 Å². The van der Waals surface area contributed by atoms with Crippen LogP contribution in [0, 0.1) is 0 Å². The Balaban J connectivity index is 2.92. The van der Waals surface area contributed by atoms with E-state index in [0.29, 0.717) is 0 Å². The molecule has 0 fully saturated rings. The first kappa shape index (κ1) is 9.85. The molecule has 1 rings (SSSR count). The van der Waals surface area contributed by atoms with Crippen molar-refractivity contribution in [1.29, 1.82) is 0 Å². The van der Waals surface area contributed by atoms with Gasteiger partial charge in [-0.05, 0) is 6.08 Å². The number of rotatable bonds is 1. The number of aliphatic hydroxyl groups is 3. The summed E-state index contributed by atoms with van der Waals surface area (Å²) in [5, 5.41) is 27.0. The predicted molar refractivity (Wildman–Crippen MR) is 44.9 cm³/mol. The highest BCUT2D eigenvalue weighted by Crippen LogP contribution is 2.21. The van der Waals surface area contributed by atoms with Crippen LogP contribution in [-0.2, 0) is 4.79 Å². The number of aliphatic hydroxyl groups excluding tert-OH is 3. The van der Waals surface area contributed by atoms with Crippen LogP contribution in [0.5, 0.6) is 0 Å². The standard InChI is InChI=1S/C7H9BrO4/c8-5-6(11)3(2-9)1-4(10)7(5)12/h1,4-5,7,9-10,12H,2H2/t4-,5-,7-/m1/s1. The minimum Gasteiger partial charge on any atom is -0.392 e. The highest BCUT2D eigenvalue weighted by Gasteiger charge is 2.35. The van der Waals surface area contributed by atoms with Crippen LogP contribution in [0.25, 0.3) is 0 Å². The van der Waals surface area contributed by atoms with E-state index < -0.39 is 23.6 Å². The molecule has 1 aliphatic carbocycles. The van der Waals surface area contributed by atoms with E-state index in [1.165, 1.54) is 6.08 Å². The van der Waals surface area contributed by atoms with Crippen LogP contribution in [0.15, 0.2) is 11.6 Å². The first-order chi connectivity index (χ1) is 5.57. The van der Waals surface area contributed by atoms with Gasteiger partial charge in [0, 0.05) is 5.57 Å². The Hall–Kier alpha value is -0.230. The van der Waals surface area contributed by atoms with E-state index in [1.807, 2.05) is 0 Å². The van der Waals surface area contributed by atoms with Crippen molar-refractivity contribution in [2.75, 3.05) is 6.61 Å². The molecular weight excluding hydrogens is 228 g/mol. The molecule has 0 saturated heterocycles. The molecular formula is C7H9BrO4. The highest BCUT2D eigenvalue weighted by atomic mass is 79.9. The van der Waals surface area contributed by atoms with E-state index in [2.05, 4.69) is 15.9 Å². The van der Waals surface area contributed by atoms with Gasteiger partial charge in [-0.15, -0.1) is 0 Å². The number of ketones is 1. The van der Waals surface area contributed by atoms with Gasteiger partial charge in [0.15, 0.2) is 5.78 Å². The topological polar surface area (TPSA) is 77.8 Å². The fourth-order valence-corrected chi connectivity index (χ4v) is 1.63. The Bertz CT molecular complexity index is 225. The minimum atomic E-state index is -1.13. The molecule has 0 amide bonds. The highest BCUT2D eigenvalue weighted by molar-refractivity contribution is 9.10. The zero-order chi connectivity index (χ0) is 9.30. The molecule has 0 heterocycles. The van der Waals surface area contributed by atoms with Gasteiger partial charge >= 0.3 is 0 Å². The fourth-order valence-electron chi connectivity index (χ4n) is 1.02. The van der Waals surface area contributed by atoms with Gasteiger partial charge in [-0.3, -0.25) is 4.79 Å². The average molecular weight is 237 g/mol. The third-order valence-corrected chi connectivity index (χ3v) is 2.72. The number of carbonyl (C=O) groups is 1. The maximum absolute atomic E-state index is 11.2. The lowest BCUT2D eigenvalue weighted by Crippen LogP contribution is -2.43. The summed E-state index contributed by atoms with van der Waals surface area (Å²) in [6.45, 7) is -0.412. The summed E-state index contributed by atoms with van der Waals surface area (Å²) < 4.78 is 0. The molecule has 0 aliphatic heterocycles. The van der Waals surface area contributed by atoms with E-state index in [-0.39, 0.29) is 11.4 Å². The minimum absolute atomic E-state index is 0.134. The van der Waals surface area contributed by atoms with Gasteiger partial charge in [-0.1, -0.05) is 15.9 Å². The molecule has 1 aliphatic rings. The van der Waals surface area contributed by atoms with Crippen molar-refractivity contribution >= 4 is 21.7 Å². The van der Waals surface area contributed by atoms with Crippen LogP contribution in [0.1, 0.15) is 0 Å². The fraction of sp³-hybridized carbons (Fsp3) is 0.571. The number of hydrogen-bond acceptors (Lipinski definition) is 4. The van der Waals surface area contributed by atoms with Crippen LogP contribution in [0.2, 0.25) is 0 Å². The normalized spacial score (nSPS) is 36.5. The molecule has 0 spiro atoms. The van der Waals surface area contributed by atoms with E-state index in [1.54, 1.807) is 0 Å². The van der Waals surface area contributed by atoms with Crippen molar-refractivity contribution in [3.05, 3.63) is 11.6 Å². The van der Waals surface area contributed by atoms with Crippen molar-refractivity contribution in [3.63, 3.8) is 0 Å². The molecule has 68 valence electrons. The molecule has 0 radical (unpaired) electrons. The number of halogens is 1. The number of carbonyl (C=O) groups excluding carboxylic acids is 1. The lowest BCUT2D eigenvalue weighted by atomic mass is 9.94. The summed E-state index contributed by atoms with van der Waals surface area (Å²) in [4.78, 5) is 10.3. The Morgan fingerprint density at radius 3 is 2.58 bits per heavy atom. The summed E-state index contributed by atoms with van der Waals surface area (Å²) in [5.41, 5.74) is 0.134. The molecule has 0 saturated carbocycles. The third-order valence-electron chi connectivity index (χ3n) is 1.76. The molecule has 3 atom stereocenters. The molecule has 0 bridgehead atoms. The van der Waals surface area contributed by atoms with Gasteiger partial charge in [-0.2, -0.15) is 0 Å². The van der Waals surface area contributed by atoms with E-state index in [0.717, 1.165) is 0 Å². The second kappa shape index (κ2) is 3.66. The Morgan fingerprint density at radius 2 is 2.08 bits per heavy atom. The van der Waals surface area contributed by atoms with Crippen molar-refractivity contribution in [3.8, 4) is 0 Å². The summed E-state index contributed by atoms with van der Waals surface area (Å²) in [6.07, 6.45) is -1.05. The summed E-state index contributed by atoms with van der Waals surface area (Å²) >= 11 is 2.93. The molecule has 0 unspecified atom stereocenters. The third kappa shape index (κ3) is 1.59. The first-order valence-corrected chi connectivity index (χ1v) is 4.35. The Kier molecular flexibility index (Phi) is 3.00. The van der Waals surface area contributed by atoms with Crippen molar-refractivity contribution < 1.29 is 20.1 Å². The second-order valence-corrected chi connectivity index (χ2v) is 3.58. The zero-order valence-corrected chi connectivity index (χ0v) is 7.73. The largest absolute Gasteiger partial charge is 0.392 e. The number of hydrogen-bond donors (Lipinski definition) is 3. The SMILES string of the molecule is O=C1C(CO)=C[C@@H](O)[C@@H](O)[C@@H]1Br. The van der Waals surface area contributed by atoms with E-state index >= 15 is 0 Å². The summed E-state index contributed by atoms with van der Waals surface area (Å²) in [7, 11) is 0. The first-order valence-electron chi connectivity index (χ1n) is 3.44. The number of Topliss-reactive ketones (excluding diaryl/α,β-unsaturated/α-hetero) is 1. The van der Waals surface area contributed by atoms with Crippen molar-refractivity contribution in [2.24, 2.45) is 0 Å². The van der Waals surface area contributed by atoms with Gasteiger partial charge in [0.05, 0.1) is 6.61 Å². The predicted octanol–water partition coefficient (Wildman–Crippen LogP) is -1.03. The van der Waals surface area contributed by atoms with Gasteiger partial charge in [0.2, 0.25) is 0 Å². The lowest BCUT2D eigenvalue weighted by molar-refractivity contribution is -0.119. The maximum atomic E-state index is 11.2. The van der Waals surface area contributed by atoms with Crippen molar-refractivity contribution in [1.82, 2.24) is 0 Å². The van der Waals surface area contributed by atoms with E-state index in [4.69, 9.17) is 10.2 Å². The molecule has 4 nitrogen and oxygen atoms in total. The van der Waals surface area contributed by atoms with Crippen LogP contribution < -0.4 is 0 Å².